The molecule has 1 fully saturated rings. The van der Waals surface area contributed by atoms with Crippen molar-refractivity contribution in [3.05, 3.63) is 52.9 Å². The van der Waals surface area contributed by atoms with Crippen molar-refractivity contribution in [3.8, 4) is 11.5 Å². The van der Waals surface area contributed by atoms with E-state index in [0.717, 1.165) is 54.5 Å². The molecule has 1 aliphatic heterocycles. The number of ether oxygens (including phenoxy) is 2. The first-order valence-corrected chi connectivity index (χ1v) is 11.4. The van der Waals surface area contributed by atoms with Crippen LogP contribution in [-0.4, -0.2) is 35.2 Å². The van der Waals surface area contributed by atoms with Crippen LogP contribution in [0.2, 0.25) is 0 Å². The van der Waals surface area contributed by atoms with Crippen LogP contribution in [0.15, 0.2) is 41.1 Å². The van der Waals surface area contributed by atoms with Gasteiger partial charge in [-0.25, -0.2) is 4.98 Å². The van der Waals surface area contributed by atoms with Crippen molar-refractivity contribution in [2.24, 2.45) is 5.92 Å². The van der Waals surface area contributed by atoms with E-state index in [4.69, 9.17) is 13.9 Å². The van der Waals surface area contributed by atoms with Gasteiger partial charge in [0.2, 0.25) is 0 Å². The Hall–Kier alpha value is -2.55. The molecule has 1 saturated heterocycles. The number of nitrogens with zero attached hydrogens (tertiary/aromatic N) is 2. The van der Waals surface area contributed by atoms with Crippen LogP contribution in [0.3, 0.4) is 0 Å². The number of pyridine rings is 1. The molecule has 31 heavy (non-hydrogen) atoms. The first-order chi connectivity index (χ1) is 15.1. The molecule has 7 nitrogen and oxygen atoms in total. The summed E-state index contributed by atoms with van der Waals surface area (Å²) < 4.78 is 16.7. The van der Waals surface area contributed by atoms with Gasteiger partial charge in [0.25, 0.3) is 5.91 Å². The summed E-state index contributed by atoms with van der Waals surface area (Å²) in [6.45, 7) is 5.90. The van der Waals surface area contributed by atoms with Crippen LogP contribution < -0.4 is 5.32 Å². The Bertz CT molecular complexity index is 994. The van der Waals surface area contributed by atoms with Gasteiger partial charge in [-0.05, 0) is 63.3 Å². The van der Waals surface area contributed by atoms with Gasteiger partial charge >= 0.3 is 0 Å². The molecule has 0 radical (unpaired) electrons. The van der Waals surface area contributed by atoms with Crippen molar-refractivity contribution < 1.29 is 18.7 Å². The van der Waals surface area contributed by atoms with E-state index in [9.17, 15) is 4.79 Å². The van der Waals surface area contributed by atoms with Gasteiger partial charge in [0, 0.05) is 29.9 Å². The molecular formula is C23H27N3O4S. The van der Waals surface area contributed by atoms with E-state index in [1.165, 1.54) is 11.3 Å². The summed E-state index contributed by atoms with van der Waals surface area (Å²) in [6.07, 6.45) is 6.34. The minimum atomic E-state index is -0.217. The molecule has 0 spiro atoms. The zero-order valence-electron chi connectivity index (χ0n) is 17.8. The number of anilines is 1. The summed E-state index contributed by atoms with van der Waals surface area (Å²) in [6, 6.07) is 7.20. The number of aromatic nitrogens is 2. The Morgan fingerprint density at radius 2 is 2.16 bits per heavy atom. The molecule has 0 bridgehead atoms. The number of amides is 1. The van der Waals surface area contributed by atoms with Crippen LogP contribution in [0.4, 0.5) is 5.13 Å². The van der Waals surface area contributed by atoms with Gasteiger partial charge in [-0.3, -0.25) is 15.1 Å². The summed E-state index contributed by atoms with van der Waals surface area (Å²) in [5.74, 6) is 1.05. The van der Waals surface area contributed by atoms with E-state index in [-0.39, 0.29) is 12.0 Å². The van der Waals surface area contributed by atoms with Crippen molar-refractivity contribution in [2.45, 2.75) is 45.8 Å². The van der Waals surface area contributed by atoms with Crippen molar-refractivity contribution in [3.63, 3.8) is 0 Å². The first-order valence-electron chi connectivity index (χ1n) is 10.6. The largest absolute Gasteiger partial charge is 0.463 e. The van der Waals surface area contributed by atoms with Crippen LogP contribution >= 0.6 is 11.3 Å². The fourth-order valence-electron chi connectivity index (χ4n) is 3.48. The van der Waals surface area contributed by atoms with Gasteiger partial charge in [-0.1, -0.05) is 0 Å². The fraction of sp³-hybridized carbons (Fsp3) is 0.435. The van der Waals surface area contributed by atoms with E-state index < -0.39 is 0 Å². The molecule has 1 aliphatic rings. The lowest BCUT2D eigenvalue weighted by molar-refractivity contribution is 0.0635. The van der Waals surface area contributed by atoms with E-state index in [0.29, 0.717) is 23.2 Å². The maximum atomic E-state index is 12.8. The van der Waals surface area contributed by atoms with E-state index in [1.54, 1.807) is 24.6 Å². The normalized spacial score (nSPS) is 14.8. The molecule has 0 aromatic carbocycles. The molecule has 164 valence electrons. The summed E-state index contributed by atoms with van der Waals surface area (Å²) in [4.78, 5) is 22.9. The predicted molar refractivity (Wildman–Crippen MR) is 119 cm³/mol. The third-order valence-electron chi connectivity index (χ3n) is 5.13. The molecule has 1 N–H and O–H groups in total. The highest BCUT2D eigenvalue weighted by atomic mass is 32.1. The monoisotopic (exact) mass is 441 g/mol. The second-order valence-electron chi connectivity index (χ2n) is 7.88. The third-order valence-corrected chi connectivity index (χ3v) is 6.12. The third kappa shape index (κ3) is 5.78. The number of rotatable bonds is 8. The lowest BCUT2D eigenvalue weighted by Crippen LogP contribution is -2.17. The van der Waals surface area contributed by atoms with Gasteiger partial charge in [0.1, 0.15) is 5.69 Å². The molecule has 0 saturated carbocycles. The topological polar surface area (TPSA) is 86.5 Å². The molecule has 3 aromatic heterocycles. The summed E-state index contributed by atoms with van der Waals surface area (Å²) >= 11 is 1.51. The highest BCUT2D eigenvalue weighted by Crippen LogP contribution is 2.35. The van der Waals surface area contributed by atoms with Gasteiger partial charge < -0.3 is 13.9 Å². The average Bonchev–Trinajstić information content (AvgIpc) is 3.43. The molecule has 4 rings (SSSR count). The van der Waals surface area contributed by atoms with Crippen molar-refractivity contribution in [2.75, 3.05) is 18.5 Å². The van der Waals surface area contributed by atoms with Crippen molar-refractivity contribution >= 4 is 22.4 Å². The predicted octanol–water partition coefficient (Wildman–Crippen LogP) is 4.94. The van der Waals surface area contributed by atoms with Gasteiger partial charge in [0.05, 0.1) is 24.7 Å². The minimum Gasteiger partial charge on any atom is -0.463 e. The number of carbonyl (C=O) groups is 1. The SMILES string of the molecule is CC(C)OCc1cc(C(=O)Nc2nc(-c3ccco3)c(CC3CCOCC3)s2)ccn1. The zero-order chi connectivity index (χ0) is 21.6. The lowest BCUT2D eigenvalue weighted by Gasteiger charge is -2.21. The highest BCUT2D eigenvalue weighted by molar-refractivity contribution is 7.16. The van der Waals surface area contributed by atoms with Gasteiger partial charge in [-0.2, -0.15) is 0 Å². The number of hydrogen-bond acceptors (Lipinski definition) is 7. The van der Waals surface area contributed by atoms with Crippen LogP contribution in [0.1, 0.15) is 47.6 Å². The number of furan rings is 1. The molecule has 0 aliphatic carbocycles. The van der Waals surface area contributed by atoms with Crippen LogP contribution in [0.5, 0.6) is 0 Å². The second kappa shape index (κ2) is 10.2. The molecule has 3 aromatic rings. The fourth-order valence-corrected chi connectivity index (χ4v) is 4.56. The maximum Gasteiger partial charge on any atom is 0.257 e. The van der Waals surface area contributed by atoms with Gasteiger partial charge in [0.15, 0.2) is 10.9 Å². The molecule has 0 unspecified atom stereocenters. The second-order valence-corrected chi connectivity index (χ2v) is 8.96. The Morgan fingerprint density at radius 1 is 1.32 bits per heavy atom. The standard InChI is InChI=1S/C23H27N3O4S/c1-15(2)30-14-18-13-17(5-8-24-18)22(27)26-23-25-21(19-4-3-9-29-19)20(31-23)12-16-6-10-28-11-7-16/h3-5,8-9,13,15-16H,6-7,10-12,14H2,1-2H3,(H,25,26,27). The summed E-state index contributed by atoms with van der Waals surface area (Å²) in [7, 11) is 0. The lowest BCUT2D eigenvalue weighted by atomic mass is 9.95. The number of thiazole rings is 1. The minimum absolute atomic E-state index is 0.101. The van der Waals surface area contributed by atoms with Crippen molar-refractivity contribution in [1.29, 1.82) is 0 Å². The molecule has 0 atom stereocenters. The molecular weight excluding hydrogens is 414 g/mol. The highest BCUT2D eigenvalue weighted by Gasteiger charge is 2.22. The van der Waals surface area contributed by atoms with E-state index >= 15 is 0 Å². The van der Waals surface area contributed by atoms with Crippen molar-refractivity contribution in [1.82, 2.24) is 9.97 Å². The van der Waals surface area contributed by atoms with Crippen LogP contribution in [0, 0.1) is 5.92 Å². The number of carbonyl (C=O) groups excluding carboxylic acids is 1. The Kier molecular flexibility index (Phi) is 7.11. The van der Waals surface area contributed by atoms with Gasteiger partial charge in [-0.15, -0.1) is 11.3 Å². The molecule has 4 heterocycles. The number of nitrogens with one attached hydrogen (secondary N) is 1. The maximum absolute atomic E-state index is 12.8. The Balaban J connectivity index is 1.51. The summed E-state index contributed by atoms with van der Waals surface area (Å²) in [5, 5.41) is 3.51. The Morgan fingerprint density at radius 3 is 2.90 bits per heavy atom. The zero-order valence-corrected chi connectivity index (χ0v) is 18.6. The van der Waals surface area contributed by atoms with E-state index in [1.807, 2.05) is 26.0 Å². The number of hydrogen-bond donors (Lipinski definition) is 1. The van der Waals surface area contributed by atoms with Crippen LogP contribution in [0.25, 0.3) is 11.5 Å². The smallest absolute Gasteiger partial charge is 0.257 e. The first kappa shape index (κ1) is 21.7. The van der Waals surface area contributed by atoms with E-state index in [2.05, 4.69) is 15.3 Å². The Labute approximate surface area is 185 Å². The summed E-state index contributed by atoms with van der Waals surface area (Å²) in [5.41, 5.74) is 2.05. The quantitative estimate of drug-likeness (QED) is 0.533. The molecule has 8 heteroatoms. The average molecular weight is 442 g/mol. The van der Waals surface area contributed by atoms with Crippen LogP contribution in [-0.2, 0) is 22.5 Å². The molecule has 1 amide bonds.